The molecule has 6 nitrogen and oxygen atoms in total. The molecule has 2 rings (SSSR count). The largest absolute Gasteiger partial charge is 0.491 e. The number of nitrogens with one attached hydrogen (secondary N) is 2. The van der Waals surface area contributed by atoms with Gasteiger partial charge in [0.2, 0.25) is 5.91 Å². The van der Waals surface area contributed by atoms with E-state index in [1.54, 1.807) is 19.2 Å². The molecule has 1 aliphatic heterocycles. The first-order valence-electron chi connectivity index (χ1n) is 6.63. The van der Waals surface area contributed by atoms with Gasteiger partial charge in [-0.2, -0.15) is 0 Å². The molecule has 1 heterocycles. The lowest BCUT2D eigenvalue weighted by Gasteiger charge is -2.12. The summed E-state index contributed by atoms with van der Waals surface area (Å²) >= 11 is 0. The zero-order valence-corrected chi connectivity index (χ0v) is 11.5. The molecule has 3 N–H and O–H groups in total. The van der Waals surface area contributed by atoms with Crippen LogP contribution in [0.1, 0.15) is 6.42 Å². The first kappa shape index (κ1) is 14.8. The van der Waals surface area contributed by atoms with Crippen LogP contribution >= 0.6 is 0 Å². The second-order valence-electron chi connectivity index (χ2n) is 4.71. The van der Waals surface area contributed by atoms with E-state index < -0.39 is 6.10 Å². The fourth-order valence-electron chi connectivity index (χ4n) is 2.05. The molecule has 2 unspecified atom stereocenters. The average molecular weight is 280 g/mol. The molecule has 6 heteroatoms. The zero-order chi connectivity index (χ0) is 14.4. The Morgan fingerprint density at radius 2 is 2.35 bits per heavy atom. The van der Waals surface area contributed by atoms with E-state index in [1.807, 2.05) is 12.1 Å². The number of methoxy groups -OCH3 is 1. The van der Waals surface area contributed by atoms with Crippen LogP contribution in [0.15, 0.2) is 24.3 Å². The monoisotopic (exact) mass is 280 g/mol. The molecule has 0 radical (unpaired) electrons. The predicted molar refractivity (Wildman–Crippen MR) is 74.9 cm³/mol. The summed E-state index contributed by atoms with van der Waals surface area (Å²) < 4.78 is 10.4. The summed E-state index contributed by atoms with van der Waals surface area (Å²) in [5.41, 5.74) is 0.674. The highest BCUT2D eigenvalue weighted by molar-refractivity contribution is 5.95. The van der Waals surface area contributed by atoms with Crippen molar-refractivity contribution in [2.75, 3.05) is 32.2 Å². The molecule has 0 aromatic heterocycles. The van der Waals surface area contributed by atoms with Crippen LogP contribution in [0.4, 0.5) is 5.69 Å². The first-order valence-corrected chi connectivity index (χ1v) is 6.63. The van der Waals surface area contributed by atoms with Crippen molar-refractivity contribution in [2.45, 2.75) is 18.6 Å². The number of β-amino-alcohol motifs (C(OH)–C–C–N with tert-alkyl or cyclic N) is 1. The van der Waals surface area contributed by atoms with E-state index in [0.29, 0.717) is 37.6 Å². The Kier molecular flexibility index (Phi) is 5.34. The fourth-order valence-corrected chi connectivity index (χ4v) is 2.05. The fraction of sp³-hybridized carbons (Fsp3) is 0.500. The third-order valence-electron chi connectivity index (χ3n) is 3.08. The van der Waals surface area contributed by atoms with Gasteiger partial charge in [-0.15, -0.1) is 0 Å². The highest BCUT2D eigenvalue weighted by Crippen LogP contribution is 2.18. The van der Waals surface area contributed by atoms with E-state index in [4.69, 9.17) is 9.47 Å². The third-order valence-corrected chi connectivity index (χ3v) is 3.08. The topological polar surface area (TPSA) is 79.8 Å². The molecule has 0 bridgehead atoms. The minimum Gasteiger partial charge on any atom is -0.491 e. The number of carbonyl (C=O) groups is 1. The summed E-state index contributed by atoms with van der Waals surface area (Å²) in [6.07, 6.45) is -0.00923. The number of hydrogen-bond donors (Lipinski definition) is 3. The van der Waals surface area contributed by atoms with Gasteiger partial charge < -0.3 is 25.2 Å². The van der Waals surface area contributed by atoms with Gasteiger partial charge in [0, 0.05) is 25.4 Å². The van der Waals surface area contributed by atoms with Crippen molar-refractivity contribution >= 4 is 11.6 Å². The van der Waals surface area contributed by atoms with Crippen LogP contribution in [0.5, 0.6) is 5.75 Å². The van der Waals surface area contributed by atoms with Crippen LogP contribution in [0.3, 0.4) is 0 Å². The van der Waals surface area contributed by atoms with E-state index in [-0.39, 0.29) is 11.9 Å². The van der Waals surface area contributed by atoms with Crippen LogP contribution in [0.25, 0.3) is 0 Å². The number of anilines is 1. The smallest absolute Gasteiger partial charge is 0.241 e. The maximum Gasteiger partial charge on any atom is 0.241 e. The van der Waals surface area contributed by atoms with Gasteiger partial charge in [0.1, 0.15) is 12.4 Å². The van der Waals surface area contributed by atoms with Gasteiger partial charge in [0.05, 0.1) is 18.8 Å². The molecule has 1 amide bonds. The van der Waals surface area contributed by atoms with Crippen molar-refractivity contribution in [3.63, 3.8) is 0 Å². The van der Waals surface area contributed by atoms with E-state index in [1.165, 1.54) is 0 Å². The molecule has 0 aliphatic carbocycles. The number of hydrogen-bond acceptors (Lipinski definition) is 5. The Morgan fingerprint density at radius 3 is 3.05 bits per heavy atom. The molecule has 2 atom stereocenters. The van der Waals surface area contributed by atoms with Gasteiger partial charge in [0.25, 0.3) is 0 Å². The molecule has 0 saturated carbocycles. The quantitative estimate of drug-likeness (QED) is 0.656. The Bertz CT molecular complexity index is 453. The van der Waals surface area contributed by atoms with Crippen molar-refractivity contribution in [3.8, 4) is 5.75 Å². The van der Waals surface area contributed by atoms with Crippen molar-refractivity contribution in [1.82, 2.24) is 5.32 Å². The molecule has 1 saturated heterocycles. The number of carbonyl (C=O) groups excluding carboxylic acids is 1. The normalized spacial score (nSPS) is 21.7. The van der Waals surface area contributed by atoms with Crippen LogP contribution < -0.4 is 15.4 Å². The second kappa shape index (κ2) is 7.23. The minimum absolute atomic E-state index is 0.143. The SMILES string of the molecule is COCCOc1cccc(NC(=O)C2CC(O)CN2)c1. The lowest BCUT2D eigenvalue weighted by Crippen LogP contribution is -2.35. The Balaban J connectivity index is 1.88. The Morgan fingerprint density at radius 1 is 1.50 bits per heavy atom. The summed E-state index contributed by atoms with van der Waals surface area (Å²) in [4.78, 5) is 12.0. The highest BCUT2D eigenvalue weighted by atomic mass is 16.5. The van der Waals surface area contributed by atoms with Crippen molar-refractivity contribution < 1.29 is 19.4 Å². The molecule has 1 aromatic carbocycles. The van der Waals surface area contributed by atoms with E-state index in [2.05, 4.69) is 10.6 Å². The van der Waals surface area contributed by atoms with E-state index >= 15 is 0 Å². The summed E-state index contributed by atoms with van der Waals surface area (Å²) in [7, 11) is 1.61. The molecule has 0 spiro atoms. The molecular weight excluding hydrogens is 260 g/mol. The van der Waals surface area contributed by atoms with Gasteiger partial charge in [-0.05, 0) is 18.6 Å². The van der Waals surface area contributed by atoms with Gasteiger partial charge in [0.15, 0.2) is 0 Å². The number of amides is 1. The first-order chi connectivity index (χ1) is 9.69. The Labute approximate surface area is 118 Å². The maximum atomic E-state index is 12.0. The number of rotatable bonds is 6. The lowest BCUT2D eigenvalue weighted by molar-refractivity contribution is -0.117. The molecule has 1 aliphatic rings. The average Bonchev–Trinajstić information content (AvgIpc) is 2.86. The Hall–Kier alpha value is -1.63. The summed E-state index contributed by atoms with van der Waals surface area (Å²) in [5, 5.41) is 15.2. The molecule has 110 valence electrons. The van der Waals surface area contributed by atoms with Gasteiger partial charge >= 0.3 is 0 Å². The number of aliphatic hydroxyl groups excluding tert-OH is 1. The molecular formula is C14H20N2O4. The summed E-state index contributed by atoms with van der Waals surface area (Å²) in [6, 6.07) is 6.85. The summed E-state index contributed by atoms with van der Waals surface area (Å²) in [6.45, 7) is 1.43. The number of aliphatic hydroxyl groups is 1. The zero-order valence-electron chi connectivity index (χ0n) is 11.5. The minimum atomic E-state index is -0.450. The van der Waals surface area contributed by atoms with E-state index in [0.717, 1.165) is 0 Å². The van der Waals surface area contributed by atoms with Crippen LogP contribution in [-0.2, 0) is 9.53 Å². The second-order valence-corrected chi connectivity index (χ2v) is 4.71. The predicted octanol–water partition coefficient (Wildman–Crippen LogP) is 0.373. The van der Waals surface area contributed by atoms with Gasteiger partial charge in [-0.25, -0.2) is 0 Å². The molecule has 1 fully saturated rings. The van der Waals surface area contributed by atoms with E-state index in [9.17, 15) is 9.90 Å². The van der Waals surface area contributed by atoms with Crippen molar-refractivity contribution in [3.05, 3.63) is 24.3 Å². The standard InChI is InChI=1S/C14H20N2O4/c1-19-5-6-20-12-4-2-3-10(7-12)16-14(18)13-8-11(17)9-15-13/h2-4,7,11,13,15,17H,5-6,8-9H2,1H3,(H,16,18). The van der Waals surface area contributed by atoms with Crippen LogP contribution in [0.2, 0.25) is 0 Å². The third kappa shape index (κ3) is 4.19. The highest BCUT2D eigenvalue weighted by Gasteiger charge is 2.27. The number of benzene rings is 1. The lowest BCUT2D eigenvalue weighted by atomic mass is 10.2. The van der Waals surface area contributed by atoms with Crippen molar-refractivity contribution in [1.29, 1.82) is 0 Å². The van der Waals surface area contributed by atoms with Crippen LogP contribution in [-0.4, -0.2) is 50.0 Å². The van der Waals surface area contributed by atoms with Crippen LogP contribution in [0, 0.1) is 0 Å². The molecule has 1 aromatic rings. The van der Waals surface area contributed by atoms with Gasteiger partial charge in [-0.3, -0.25) is 4.79 Å². The summed E-state index contributed by atoms with van der Waals surface area (Å²) in [5.74, 6) is 0.537. The van der Waals surface area contributed by atoms with Crippen molar-refractivity contribution in [2.24, 2.45) is 0 Å². The number of ether oxygens (including phenoxy) is 2. The van der Waals surface area contributed by atoms with Gasteiger partial charge in [-0.1, -0.05) is 6.07 Å². The maximum absolute atomic E-state index is 12.0. The molecule has 20 heavy (non-hydrogen) atoms.